The highest BCUT2D eigenvalue weighted by molar-refractivity contribution is 7.10. The number of halogens is 2. The number of amides is 2. The van der Waals surface area contributed by atoms with Crippen molar-refractivity contribution in [1.82, 2.24) is 9.80 Å². The maximum absolute atomic E-state index is 13.5. The molecule has 1 atom stereocenters. The third-order valence-electron chi connectivity index (χ3n) is 5.64. The standard InChI is InChI=1S/C24H28Cl2N2O4S/c1-4-32-23(31)8-7-21(29)28(15(2)3)14-22(30)27-11-9-20-18(10-12-33-20)24(27)17-6-5-16(25)13-19(17)26/h5-6,10,12-13,15,24H,4,7-9,11,14H2,1-3H3. The first-order valence-electron chi connectivity index (χ1n) is 11.0. The highest BCUT2D eigenvalue weighted by atomic mass is 35.5. The lowest BCUT2D eigenvalue weighted by Crippen LogP contribution is -2.48. The second-order valence-corrected chi connectivity index (χ2v) is 9.97. The van der Waals surface area contributed by atoms with Gasteiger partial charge in [-0.2, -0.15) is 0 Å². The molecule has 9 heteroatoms. The van der Waals surface area contributed by atoms with Crippen molar-refractivity contribution in [1.29, 1.82) is 0 Å². The van der Waals surface area contributed by atoms with Gasteiger partial charge in [-0.1, -0.05) is 29.3 Å². The number of hydrogen-bond acceptors (Lipinski definition) is 5. The van der Waals surface area contributed by atoms with E-state index < -0.39 is 5.97 Å². The molecule has 0 bridgehead atoms. The van der Waals surface area contributed by atoms with E-state index in [0.29, 0.717) is 16.6 Å². The summed E-state index contributed by atoms with van der Waals surface area (Å²) in [5.41, 5.74) is 1.85. The number of thiophene rings is 1. The molecule has 1 aromatic carbocycles. The zero-order chi connectivity index (χ0) is 24.1. The second-order valence-electron chi connectivity index (χ2n) is 8.13. The smallest absolute Gasteiger partial charge is 0.306 e. The number of rotatable bonds is 8. The predicted molar refractivity (Wildman–Crippen MR) is 131 cm³/mol. The number of carbonyl (C=O) groups is 3. The van der Waals surface area contributed by atoms with Gasteiger partial charge in [0.05, 0.1) is 19.1 Å². The van der Waals surface area contributed by atoms with Gasteiger partial charge >= 0.3 is 5.97 Å². The van der Waals surface area contributed by atoms with Crippen LogP contribution in [-0.2, 0) is 25.5 Å². The van der Waals surface area contributed by atoms with E-state index in [9.17, 15) is 14.4 Å². The molecule has 1 aliphatic rings. The summed E-state index contributed by atoms with van der Waals surface area (Å²) in [7, 11) is 0. The molecule has 1 unspecified atom stereocenters. The van der Waals surface area contributed by atoms with Crippen LogP contribution >= 0.6 is 34.5 Å². The van der Waals surface area contributed by atoms with Crippen LogP contribution in [0.1, 0.15) is 55.7 Å². The maximum atomic E-state index is 13.5. The third kappa shape index (κ3) is 6.08. The normalized spacial score (nSPS) is 15.3. The molecule has 0 aliphatic carbocycles. The van der Waals surface area contributed by atoms with Crippen molar-refractivity contribution in [3.05, 3.63) is 55.7 Å². The molecule has 0 spiro atoms. The lowest BCUT2D eigenvalue weighted by atomic mass is 9.93. The van der Waals surface area contributed by atoms with Gasteiger partial charge in [0.15, 0.2) is 0 Å². The summed E-state index contributed by atoms with van der Waals surface area (Å²) in [5.74, 6) is -0.832. The Bertz CT molecular complexity index is 1020. The van der Waals surface area contributed by atoms with Crippen molar-refractivity contribution in [2.24, 2.45) is 0 Å². The zero-order valence-corrected chi connectivity index (χ0v) is 21.3. The highest BCUT2D eigenvalue weighted by Crippen LogP contribution is 2.41. The largest absolute Gasteiger partial charge is 0.466 e. The molecule has 2 heterocycles. The average molecular weight is 511 g/mol. The van der Waals surface area contributed by atoms with Gasteiger partial charge in [-0.25, -0.2) is 0 Å². The van der Waals surface area contributed by atoms with E-state index in [4.69, 9.17) is 27.9 Å². The molecule has 0 saturated carbocycles. The number of hydrogen-bond donors (Lipinski definition) is 0. The molecule has 2 aromatic rings. The molecule has 0 radical (unpaired) electrons. The molecule has 0 saturated heterocycles. The predicted octanol–water partition coefficient (Wildman–Crippen LogP) is 5.11. The molecule has 3 rings (SSSR count). The Morgan fingerprint density at radius 3 is 2.61 bits per heavy atom. The Labute approximate surface area is 208 Å². The van der Waals surface area contributed by atoms with E-state index in [-0.39, 0.29) is 49.9 Å². The topological polar surface area (TPSA) is 66.9 Å². The van der Waals surface area contributed by atoms with Gasteiger partial charge in [-0.3, -0.25) is 14.4 Å². The minimum absolute atomic E-state index is 0.00489. The summed E-state index contributed by atoms with van der Waals surface area (Å²) in [6.45, 7) is 6.17. The van der Waals surface area contributed by atoms with Gasteiger partial charge in [0.2, 0.25) is 11.8 Å². The fraction of sp³-hybridized carbons (Fsp3) is 0.458. The molecule has 1 aromatic heterocycles. The number of carbonyl (C=O) groups excluding carboxylic acids is 3. The molecule has 178 valence electrons. The van der Waals surface area contributed by atoms with Crippen LogP contribution < -0.4 is 0 Å². The van der Waals surface area contributed by atoms with Crippen LogP contribution in [0.25, 0.3) is 0 Å². The average Bonchev–Trinajstić information content (AvgIpc) is 3.24. The summed E-state index contributed by atoms with van der Waals surface area (Å²) in [6, 6.07) is 6.79. The summed E-state index contributed by atoms with van der Waals surface area (Å²) < 4.78 is 4.91. The quantitative estimate of drug-likeness (QED) is 0.462. The summed E-state index contributed by atoms with van der Waals surface area (Å²) >= 11 is 14.3. The molecular weight excluding hydrogens is 483 g/mol. The van der Waals surface area contributed by atoms with Crippen molar-refractivity contribution < 1.29 is 19.1 Å². The number of nitrogens with zero attached hydrogens (tertiary/aromatic N) is 2. The van der Waals surface area contributed by atoms with Crippen molar-refractivity contribution >= 4 is 52.3 Å². The molecule has 1 aliphatic heterocycles. The maximum Gasteiger partial charge on any atom is 0.306 e. The molecule has 0 N–H and O–H groups in total. The van der Waals surface area contributed by atoms with Crippen LogP contribution in [0.15, 0.2) is 29.6 Å². The number of esters is 1. The molecule has 0 fully saturated rings. The summed E-state index contributed by atoms with van der Waals surface area (Å²) in [6.07, 6.45) is 0.749. The van der Waals surface area contributed by atoms with Crippen LogP contribution in [0, 0.1) is 0 Å². The van der Waals surface area contributed by atoms with Crippen LogP contribution in [0.3, 0.4) is 0 Å². The second kappa shape index (κ2) is 11.4. The van der Waals surface area contributed by atoms with Crippen molar-refractivity contribution in [3.63, 3.8) is 0 Å². The highest BCUT2D eigenvalue weighted by Gasteiger charge is 2.35. The Balaban J connectivity index is 1.82. The van der Waals surface area contributed by atoms with Gasteiger partial charge < -0.3 is 14.5 Å². The van der Waals surface area contributed by atoms with E-state index in [1.165, 1.54) is 9.78 Å². The molecule has 33 heavy (non-hydrogen) atoms. The van der Waals surface area contributed by atoms with Crippen LogP contribution in [0.5, 0.6) is 0 Å². The van der Waals surface area contributed by atoms with Gasteiger partial charge in [-0.05, 0) is 61.9 Å². The third-order valence-corrected chi connectivity index (χ3v) is 7.20. The Morgan fingerprint density at radius 2 is 1.94 bits per heavy atom. The fourth-order valence-electron chi connectivity index (χ4n) is 4.02. The van der Waals surface area contributed by atoms with Crippen LogP contribution in [0.2, 0.25) is 10.0 Å². The fourth-order valence-corrected chi connectivity index (χ4v) is 5.44. The molecular formula is C24H28Cl2N2O4S. The van der Waals surface area contributed by atoms with Crippen molar-refractivity contribution in [2.75, 3.05) is 19.7 Å². The van der Waals surface area contributed by atoms with Crippen LogP contribution in [0.4, 0.5) is 0 Å². The summed E-state index contributed by atoms with van der Waals surface area (Å²) in [4.78, 5) is 42.6. The van der Waals surface area contributed by atoms with Gasteiger partial charge in [0, 0.05) is 33.9 Å². The first kappa shape index (κ1) is 25.5. The SMILES string of the molecule is CCOC(=O)CCC(=O)N(CC(=O)N1CCc2sccc2C1c1ccc(Cl)cc1Cl)C(C)C. The zero-order valence-electron chi connectivity index (χ0n) is 19.0. The van der Waals surface area contributed by atoms with Gasteiger partial charge in [-0.15, -0.1) is 11.3 Å². The minimum Gasteiger partial charge on any atom is -0.466 e. The lowest BCUT2D eigenvalue weighted by molar-refractivity contribution is -0.147. The molecule has 6 nitrogen and oxygen atoms in total. The van der Waals surface area contributed by atoms with E-state index in [1.54, 1.807) is 35.3 Å². The van der Waals surface area contributed by atoms with E-state index in [1.807, 2.05) is 31.4 Å². The Hall–Kier alpha value is -2.09. The monoisotopic (exact) mass is 510 g/mol. The van der Waals surface area contributed by atoms with Crippen molar-refractivity contribution in [3.8, 4) is 0 Å². The van der Waals surface area contributed by atoms with E-state index >= 15 is 0 Å². The lowest BCUT2D eigenvalue weighted by Gasteiger charge is -2.38. The van der Waals surface area contributed by atoms with E-state index in [0.717, 1.165) is 17.5 Å². The van der Waals surface area contributed by atoms with Crippen molar-refractivity contribution in [2.45, 2.75) is 52.1 Å². The number of fused-ring (bicyclic) bond motifs is 1. The Morgan fingerprint density at radius 1 is 1.18 bits per heavy atom. The number of ether oxygens (including phenoxy) is 1. The first-order valence-corrected chi connectivity index (χ1v) is 12.6. The van der Waals surface area contributed by atoms with Crippen LogP contribution in [-0.4, -0.2) is 53.3 Å². The molecule has 2 amide bonds. The van der Waals surface area contributed by atoms with Gasteiger partial charge in [0.1, 0.15) is 6.54 Å². The van der Waals surface area contributed by atoms with E-state index in [2.05, 4.69) is 0 Å². The minimum atomic E-state index is -0.417. The summed E-state index contributed by atoms with van der Waals surface area (Å²) in [5, 5.41) is 3.05. The first-order chi connectivity index (χ1) is 15.7. The number of benzene rings is 1. The Kier molecular flexibility index (Phi) is 8.79. The van der Waals surface area contributed by atoms with Gasteiger partial charge in [0.25, 0.3) is 0 Å².